The van der Waals surface area contributed by atoms with Gasteiger partial charge in [0.15, 0.2) is 0 Å². The van der Waals surface area contributed by atoms with E-state index in [0.29, 0.717) is 12.1 Å². The number of halogens is 1. The molecule has 0 saturated heterocycles. The van der Waals surface area contributed by atoms with Gasteiger partial charge in [0.2, 0.25) is 0 Å². The molecule has 1 aromatic carbocycles. The van der Waals surface area contributed by atoms with Gasteiger partial charge >= 0.3 is 0 Å². The number of carbonyl (C=O) groups is 1. The van der Waals surface area contributed by atoms with E-state index >= 15 is 0 Å². The summed E-state index contributed by atoms with van der Waals surface area (Å²) in [5.41, 5.74) is 6.05. The first-order valence-electron chi connectivity index (χ1n) is 4.77. The van der Waals surface area contributed by atoms with Crippen molar-refractivity contribution >= 4 is 5.91 Å². The maximum Gasteiger partial charge on any atom is 0.253 e. The highest BCUT2D eigenvalue weighted by Crippen LogP contribution is 2.05. The number of hydrogen-bond acceptors (Lipinski definition) is 2. The maximum atomic E-state index is 12.6. The molecule has 0 spiro atoms. The van der Waals surface area contributed by atoms with Crippen LogP contribution >= 0.6 is 0 Å². The maximum absolute atomic E-state index is 12.6. The summed E-state index contributed by atoms with van der Waals surface area (Å²) in [5.74, 6) is -0.492. The van der Waals surface area contributed by atoms with Crippen LogP contribution in [0.5, 0.6) is 0 Å². The van der Waals surface area contributed by atoms with E-state index in [-0.39, 0.29) is 17.8 Å². The van der Waals surface area contributed by atoms with Gasteiger partial charge in [-0.15, -0.1) is 0 Å². The molecule has 3 nitrogen and oxygen atoms in total. The highest BCUT2D eigenvalue weighted by Gasteiger charge is 2.12. The van der Waals surface area contributed by atoms with Gasteiger partial charge in [-0.2, -0.15) is 0 Å². The minimum atomic E-state index is -0.346. The fourth-order valence-corrected chi connectivity index (χ4v) is 1.33. The second kappa shape index (κ2) is 4.89. The molecule has 0 saturated carbocycles. The molecule has 4 heteroatoms. The van der Waals surface area contributed by atoms with Gasteiger partial charge in [0.1, 0.15) is 5.82 Å². The van der Waals surface area contributed by atoms with Crippen molar-refractivity contribution in [3.05, 3.63) is 35.6 Å². The van der Waals surface area contributed by atoms with Gasteiger partial charge in [-0.25, -0.2) is 4.39 Å². The third-order valence-electron chi connectivity index (χ3n) is 2.00. The first-order valence-corrected chi connectivity index (χ1v) is 4.77. The zero-order valence-corrected chi connectivity index (χ0v) is 8.90. The van der Waals surface area contributed by atoms with Gasteiger partial charge < -0.3 is 10.6 Å². The predicted octanol–water partition coefficient (Wildman–Crippen LogP) is 1.24. The Hall–Kier alpha value is -1.42. The second-order valence-electron chi connectivity index (χ2n) is 3.67. The smallest absolute Gasteiger partial charge is 0.253 e. The second-order valence-corrected chi connectivity index (χ2v) is 3.67. The summed E-state index contributed by atoms with van der Waals surface area (Å²) in [4.78, 5) is 13.3. The van der Waals surface area contributed by atoms with Crippen LogP contribution in [0.3, 0.4) is 0 Å². The van der Waals surface area contributed by atoms with E-state index in [0.717, 1.165) is 0 Å². The Labute approximate surface area is 88.7 Å². The number of nitrogens with zero attached hydrogens (tertiary/aromatic N) is 1. The summed E-state index contributed by atoms with van der Waals surface area (Å²) < 4.78 is 12.6. The molecular formula is C11H15FN2O. The topological polar surface area (TPSA) is 46.3 Å². The number of likely N-dealkylation sites (N-methyl/N-ethyl adjacent to an activating group) is 1. The Morgan fingerprint density at radius 1 is 1.47 bits per heavy atom. The predicted molar refractivity (Wildman–Crippen MR) is 57.0 cm³/mol. The zero-order valence-electron chi connectivity index (χ0n) is 8.90. The molecule has 15 heavy (non-hydrogen) atoms. The molecule has 0 aromatic heterocycles. The van der Waals surface area contributed by atoms with Crippen molar-refractivity contribution in [1.29, 1.82) is 0 Å². The van der Waals surface area contributed by atoms with E-state index in [4.69, 9.17) is 5.73 Å². The highest BCUT2D eigenvalue weighted by atomic mass is 19.1. The molecule has 1 aromatic rings. The third kappa shape index (κ3) is 3.32. The molecule has 0 heterocycles. The molecular weight excluding hydrogens is 195 g/mol. The standard InChI is InChI=1S/C11H15FN2O/c1-8(13)7-14(2)11(15)9-3-5-10(12)6-4-9/h3-6,8H,7,13H2,1-2H3. The molecule has 0 radical (unpaired) electrons. The first-order chi connectivity index (χ1) is 7.00. The van der Waals surface area contributed by atoms with E-state index in [9.17, 15) is 9.18 Å². The minimum absolute atomic E-state index is 0.0700. The van der Waals surface area contributed by atoms with Crippen LogP contribution in [0.2, 0.25) is 0 Å². The monoisotopic (exact) mass is 210 g/mol. The van der Waals surface area contributed by atoms with Crippen molar-refractivity contribution in [3.63, 3.8) is 0 Å². The Balaban J connectivity index is 2.72. The first kappa shape index (κ1) is 11.7. The van der Waals surface area contributed by atoms with Crippen LogP contribution in [-0.4, -0.2) is 30.4 Å². The Morgan fingerprint density at radius 2 is 2.00 bits per heavy atom. The molecule has 82 valence electrons. The quantitative estimate of drug-likeness (QED) is 0.816. The fraction of sp³-hybridized carbons (Fsp3) is 0.364. The van der Waals surface area contributed by atoms with Crippen molar-refractivity contribution in [2.45, 2.75) is 13.0 Å². The fourth-order valence-electron chi connectivity index (χ4n) is 1.33. The van der Waals surface area contributed by atoms with E-state index in [1.54, 1.807) is 7.05 Å². The van der Waals surface area contributed by atoms with Gasteiger partial charge in [-0.05, 0) is 31.2 Å². The minimum Gasteiger partial charge on any atom is -0.340 e. The van der Waals surface area contributed by atoms with Crippen molar-refractivity contribution in [1.82, 2.24) is 4.90 Å². The van der Waals surface area contributed by atoms with Crippen molar-refractivity contribution < 1.29 is 9.18 Å². The summed E-state index contributed by atoms with van der Waals surface area (Å²) in [5, 5.41) is 0. The molecule has 0 aliphatic heterocycles. The molecule has 0 fully saturated rings. The number of amides is 1. The highest BCUT2D eigenvalue weighted by molar-refractivity contribution is 5.94. The Morgan fingerprint density at radius 3 is 2.47 bits per heavy atom. The van der Waals surface area contributed by atoms with Crippen LogP contribution in [0, 0.1) is 5.82 Å². The third-order valence-corrected chi connectivity index (χ3v) is 2.00. The van der Waals surface area contributed by atoms with Crippen molar-refractivity contribution in [2.75, 3.05) is 13.6 Å². The number of rotatable bonds is 3. The zero-order chi connectivity index (χ0) is 11.4. The summed E-state index contributed by atoms with van der Waals surface area (Å²) in [6.07, 6.45) is 0. The molecule has 2 N–H and O–H groups in total. The number of hydrogen-bond donors (Lipinski definition) is 1. The van der Waals surface area contributed by atoms with Crippen LogP contribution in [0.15, 0.2) is 24.3 Å². The van der Waals surface area contributed by atoms with Gasteiger partial charge in [-0.3, -0.25) is 4.79 Å². The van der Waals surface area contributed by atoms with Crippen LogP contribution in [-0.2, 0) is 0 Å². The average molecular weight is 210 g/mol. The molecule has 1 rings (SSSR count). The van der Waals surface area contributed by atoms with E-state index in [1.807, 2.05) is 6.92 Å². The Kier molecular flexibility index (Phi) is 3.80. The Bertz CT molecular complexity index is 335. The van der Waals surface area contributed by atoms with E-state index in [2.05, 4.69) is 0 Å². The lowest BCUT2D eigenvalue weighted by molar-refractivity contribution is 0.0789. The van der Waals surface area contributed by atoms with E-state index in [1.165, 1.54) is 29.2 Å². The molecule has 0 aliphatic rings. The van der Waals surface area contributed by atoms with Crippen molar-refractivity contribution in [2.24, 2.45) is 5.73 Å². The van der Waals surface area contributed by atoms with Crippen molar-refractivity contribution in [3.8, 4) is 0 Å². The molecule has 0 aliphatic carbocycles. The normalized spacial score (nSPS) is 12.3. The molecule has 0 bridgehead atoms. The summed E-state index contributed by atoms with van der Waals surface area (Å²) >= 11 is 0. The SMILES string of the molecule is CC(N)CN(C)C(=O)c1ccc(F)cc1. The number of nitrogens with two attached hydrogens (primary N) is 1. The molecule has 1 atom stereocenters. The van der Waals surface area contributed by atoms with Crippen LogP contribution in [0.25, 0.3) is 0 Å². The lowest BCUT2D eigenvalue weighted by Gasteiger charge is -2.19. The summed E-state index contributed by atoms with van der Waals surface area (Å²) in [6.45, 7) is 2.31. The number of benzene rings is 1. The van der Waals surface area contributed by atoms with E-state index < -0.39 is 0 Å². The lowest BCUT2D eigenvalue weighted by atomic mass is 10.2. The largest absolute Gasteiger partial charge is 0.340 e. The average Bonchev–Trinajstić information content (AvgIpc) is 2.17. The molecule has 1 amide bonds. The van der Waals surface area contributed by atoms with Crippen LogP contribution < -0.4 is 5.73 Å². The van der Waals surface area contributed by atoms with Crippen LogP contribution in [0.1, 0.15) is 17.3 Å². The van der Waals surface area contributed by atoms with Gasteiger partial charge in [0.05, 0.1) is 0 Å². The van der Waals surface area contributed by atoms with Crippen LogP contribution in [0.4, 0.5) is 4.39 Å². The van der Waals surface area contributed by atoms with Gasteiger partial charge in [0, 0.05) is 25.2 Å². The summed E-state index contributed by atoms with van der Waals surface area (Å²) in [7, 11) is 1.68. The lowest BCUT2D eigenvalue weighted by Crippen LogP contribution is -2.36. The summed E-state index contributed by atoms with van der Waals surface area (Å²) in [6, 6.07) is 5.41. The molecule has 1 unspecified atom stereocenters. The van der Waals surface area contributed by atoms with Gasteiger partial charge in [0.25, 0.3) is 5.91 Å². The van der Waals surface area contributed by atoms with Gasteiger partial charge in [-0.1, -0.05) is 0 Å². The number of carbonyl (C=O) groups excluding carboxylic acids is 1.